The van der Waals surface area contributed by atoms with Crippen LogP contribution in [0.1, 0.15) is 49.0 Å². The Balaban J connectivity index is 2.03. The van der Waals surface area contributed by atoms with Crippen molar-refractivity contribution in [2.24, 2.45) is 0 Å². The largest absolute Gasteiger partial charge is 0.449 e. The molecule has 24 heavy (non-hydrogen) atoms. The lowest BCUT2D eigenvalue weighted by atomic mass is 9.97. The van der Waals surface area contributed by atoms with Gasteiger partial charge in [-0.2, -0.15) is 0 Å². The third-order valence-corrected chi connectivity index (χ3v) is 3.91. The predicted molar refractivity (Wildman–Crippen MR) is 92.9 cm³/mol. The molecule has 1 heterocycles. The molecule has 0 bridgehead atoms. The number of aromatic nitrogens is 1. The molecule has 0 unspecified atom stereocenters. The number of carbonyl (C=O) groups excluding carboxylic acids is 2. The molecule has 0 saturated heterocycles. The van der Waals surface area contributed by atoms with Gasteiger partial charge in [0.25, 0.3) is 5.91 Å². The number of nitrogens with one attached hydrogen (secondary N) is 1. The van der Waals surface area contributed by atoms with Crippen LogP contribution in [0.4, 0.5) is 5.69 Å². The third kappa shape index (κ3) is 4.41. The first-order valence-corrected chi connectivity index (χ1v) is 8.03. The highest BCUT2D eigenvalue weighted by molar-refractivity contribution is 5.97. The normalized spacial score (nSPS) is 13.0. The Hall–Kier alpha value is -2.69. The van der Waals surface area contributed by atoms with Crippen molar-refractivity contribution in [2.45, 2.75) is 39.2 Å². The van der Waals surface area contributed by atoms with Gasteiger partial charge in [-0.25, -0.2) is 4.79 Å². The highest BCUT2D eigenvalue weighted by Gasteiger charge is 2.20. The smallest absolute Gasteiger partial charge is 0.340 e. The van der Waals surface area contributed by atoms with E-state index in [9.17, 15) is 9.59 Å². The van der Waals surface area contributed by atoms with Gasteiger partial charge in [-0.1, -0.05) is 32.0 Å². The molecule has 0 spiro atoms. The molecule has 0 aliphatic rings. The summed E-state index contributed by atoms with van der Waals surface area (Å²) in [5, 5.41) is 2.85. The molecule has 0 aliphatic carbocycles. The van der Waals surface area contributed by atoms with E-state index in [1.165, 1.54) is 6.20 Å². The topological polar surface area (TPSA) is 68.3 Å². The van der Waals surface area contributed by atoms with Gasteiger partial charge in [-0.15, -0.1) is 0 Å². The number of amides is 1. The van der Waals surface area contributed by atoms with Gasteiger partial charge in [-0.3, -0.25) is 9.78 Å². The standard InChI is InChI=1S/C19H22N2O3/c1-4-13(2)16-9-5-6-10-17(16)21-18(22)14(3)24-19(23)15-8-7-11-20-12-15/h5-14H,4H2,1-3H3,(H,21,22)/t13-,14+/m0/s1. The lowest BCUT2D eigenvalue weighted by Crippen LogP contribution is -2.30. The summed E-state index contributed by atoms with van der Waals surface area (Å²) in [6, 6.07) is 10.9. The number of benzene rings is 1. The van der Waals surface area contributed by atoms with Crippen molar-refractivity contribution in [3.63, 3.8) is 0 Å². The fourth-order valence-electron chi connectivity index (χ4n) is 2.26. The average Bonchev–Trinajstić information content (AvgIpc) is 2.62. The van der Waals surface area contributed by atoms with Crippen molar-refractivity contribution in [3.05, 3.63) is 59.9 Å². The van der Waals surface area contributed by atoms with Crippen LogP contribution < -0.4 is 5.32 Å². The number of rotatable bonds is 6. The van der Waals surface area contributed by atoms with Crippen LogP contribution in [-0.4, -0.2) is 23.0 Å². The Morgan fingerprint density at radius 1 is 1.17 bits per heavy atom. The summed E-state index contributed by atoms with van der Waals surface area (Å²) in [4.78, 5) is 28.2. The number of hydrogen-bond acceptors (Lipinski definition) is 4. The zero-order valence-corrected chi connectivity index (χ0v) is 14.2. The molecule has 5 heteroatoms. The molecule has 2 aromatic rings. The SMILES string of the molecule is CC[C@H](C)c1ccccc1NC(=O)[C@@H](C)OC(=O)c1cccnc1. The molecule has 0 aliphatic heterocycles. The van der Waals surface area contributed by atoms with Crippen molar-refractivity contribution in [2.75, 3.05) is 5.32 Å². The second kappa shape index (κ2) is 8.24. The molecule has 0 radical (unpaired) electrons. The zero-order chi connectivity index (χ0) is 17.5. The van der Waals surface area contributed by atoms with Gasteiger partial charge in [0.1, 0.15) is 0 Å². The van der Waals surface area contributed by atoms with Gasteiger partial charge in [-0.05, 0) is 43.0 Å². The predicted octanol–water partition coefficient (Wildman–Crippen LogP) is 3.78. The molecule has 1 aromatic heterocycles. The Morgan fingerprint density at radius 2 is 1.92 bits per heavy atom. The lowest BCUT2D eigenvalue weighted by Gasteiger charge is -2.18. The Morgan fingerprint density at radius 3 is 2.58 bits per heavy atom. The Bertz CT molecular complexity index is 701. The van der Waals surface area contributed by atoms with Crippen LogP contribution in [0.25, 0.3) is 0 Å². The van der Waals surface area contributed by atoms with Gasteiger partial charge >= 0.3 is 5.97 Å². The van der Waals surface area contributed by atoms with Crippen LogP contribution in [0.2, 0.25) is 0 Å². The second-order valence-corrected chi connectivity index (χ2v) is 5.68. The van der Waals surface area contributed by atoms with Crippen LogP contribution in [0.5, 0.6) is 0 Å². The van der Waals surface area contributed by atoms with Gasteiger partial charge in [0.05, 0.1) is 5.56 Å². The second-order valence-electron chi connectivity index (χ2n) is 5.68. The first kappa shape index (κ1) is 17.7. The molecule has 0 fully saturated rings. The van der Waals surface area contributed by atoms with E-state index in [4.69, 9.17) is 4.74 Å². The summed E-state index contributed by atoms with van der Waals surface area (Å²) in [7, 11) is 0. The molecular weight excluding hydrogens is 304 g/mol. The zero-order valence-electron chi connectivity index (χ0n) is 14.2. The van der Waals surface area contributed by atoms with Crippen LogP contribution in [-0.2, 0) is 9.53 Å². The monoisotopic (exact) mass is 326 g/mol. The minimum atomic E-state index is -0.900. The van der Waals surface area contributed by atoms with Gasteiger partial charge < -0.3 is 10.1 Å². The molecule has 1 aromatic carbocycles. The van der Waals surface area contributed by atoms with Crippen molar-refractivity contribution in [1.82, 2.24) is 4.98 Å². The first-order valence-electron chi connectivity index (χ1n) is 8.03. The first-order chi connectivity index (χ1) is 11.5. The maximum absolute atomic E-state index is 12.3. The van der Waals surface area contributed by atoms with E-state index < -0.39 is 12.1 Å². The van der Waals surface area contributed by atoms with E-state index in [1.54, 1.807) is 25.3 Å². The minimum Gasteiger partial charge on any atom is -0.449 e. The van der Waals surface area contributed by atoms with E-state index in [0.29, 0.717) is 11.5 Å². The fraction of sp³-hybridized carbons (Fsp3) is 0.316. The summed E-state index contributed by atoms with van der Waals surface area (Å²) in [6.07, 6.45) is 3.05. The molecular formula is C19H22N2O3. The van der Waals surface area contributed by atoms with Crippen LogP contribution in [0, 0.1) is 0 Å². The van der Waals surface area contributed by atoms with Gasteiger partial charge in [0.15, 0.2) is 6.10 Å². The van der Waals surface area contributed by atoms with E-state index in [2.05, 4.69) is 24.1 Å². The van der Waals surface area contributed by atoms with E-state index in [0.717, 1.165) is 17.7 Å². The van der Waals surface area contributed by atoms with Crippen molar-refractivity contribution in [1.29, 1.82) is 0 Å². The fourth-order valence-corrected chi connectivity index (χ4v) is 2.26. The van der Waals surface area contributed by atoms with Crippen molar-refractivity contribution in [3.8, 4) is 0 Å². The van der Waals surface area contributed by atoms with Crippen molar-refractivity contribution < 1.29 is 14.3 Å². The van der Waals surface area contributed by atoms with Gasteiger partial charge in [0, 0.05) is 18.1 Å². The molecule has 2 rings (SSSR count). The molecule has 126 valence electrons. The summed E-state index contributed by atoms with van der Waals surface area (Å²) >= 11 is 0. The number of hydrogen-bond donors (Lipinski definition) is 1. The maximum atomic E-state index is 12.3. The third-order valence-electron chi connectivity index (χ3n) is 3.91. The number of pyridine rings is 1. The molecule has 2 atom stereocenters. The maximum Gasteiger partial charge on any atom is 0.340 e. The number of nitrogens with zero attached hydrogens (tertiary/aromatic N) is 1. The number of carbonyl (C=O) groups is 2. The highest BCUT2D eigenvalue weighted by Crippen LogP contribution is 2.26. The lowest BCUT2D eigenvalue weighted by molar-refractivity contribution is -0.123. The number of ether oxygens (including phenoxy) is 1. The average molecular weight is 326 g/mol. The Kier molecular flexibility index (Phi) is 6.07. The van der Waals surface area contributed by atoms with E-state index >= 15 is 0 Å². The van der Waals surface area contributed by atoms with Crippen LogP contribution in [0.15, 0.2) is 48.8 Å². The minimum absolute atomic E-state index is 0.317. The summed E-state index contributed by atoms with van der Waals surface area (Å²) in [6.45, 7) is 5.76. The number of para-hydroxylation sites is 1. The molecule has 0 saturated carbocycles. The molecule has 1 N–H and O–H groups in total. The number of esters is 1. The van der Waals surface area contributed by atoms with Gasteiger partial charge in [0.2, 0.25) is 0 Å². The van der Waals surface area contributed by atoms with Crippen LogP contribution in [0.3, 0.4) is 0 Å². The Labute approximate surface area is 142 Å². The number of anilines is 1. The summed E-state index contributed by atoms with van der Waals surface area (Å²) < 4.78 is 5.21. The molecule has 1 amide bonds. The van der Waals surface area contributed by atoms with Crippen LogP contribution >= 0.6 is 0 Å². The summed E-state index contributed by atoms with van der Waals surface area (Å²) in [5.41, 5.74) is 2.14. The highest BCUT2D eigenvalue weighted by atomic mass is 16.5. The quantitative estimate of drug-likeness (QED) is 0.820. The van der Waals surface area contributed by atoms with E-state index in [1.807, 2.05) is 24.3 Å². The molecule has 5 nitrogen and oxygen atoms in total. The van der Waals surface area contributed by atoms with Crippen molar-refractivity contribution >= 4 is 17.6 Å². The van der Waals surface area contributed by atoms with E-state index in [-0.39, 0.29) is 5.91 Å². The summed E-state index contributed by atoms with van der Waals surface area (Å²) in [5.74, 6) is -0.598.